The number of alkyl halides is 1. The molecule has 0 atom stereocenters. The second kappa shape index (κ2) is 10.7. The normalized spacial score (nSPS) is 10.8. The first kappa shape index (κ1) is 19.3. The van der Waals surface area contributed by atoms with Gasteiger partial charge in [-0.15, -0.1) is 0 Å². The Hall–Kier alpha value is -2.07. The van der Waals surface area contributed by atoms with Crippen LogP contribution in [0.25, 0.3) is 6.08 Å². The Morgan fingerprint density at radius 1 is 0.960 bits per heavy atom. The minimum absolute atomic E-state index is 0.0281. The van der Waals surface area contributed by atoms with Gasteiger partial charge in [-0.2, -0.15) is 0 Å². The Bertz CT molecular complexity index is 675. The van der Waals surface area contributed by atoms with Crippen LogP contribution in [0.4, 0.5) is 0 Å². The van der Waals surface area contributed by atoms with Gasteiger partial charge in [-0.1, -0.05) is 41.1 Å². The van der Waals surface area contributed by atoms with Crippen LogP contribution >= 0.6 is 15.9 Å². The van der Waals surface area contributed by atoms with E-state index in [2.05, 4.69) is 22.9 Å². The van der Waals surface area contributed by atoms with Crippen molar-refractivity contribution in [2.45, 2.75) is 19.8 Å². The predicted molar refractivity (Wildman–Crippen MR) is 106 cm³/mol. The van der Waals surface area contributed by atoms with E-state index in [-0.39, 0.29) is 5.78 Å². The molecule has 0 saturated carbocycles. The van der Waals surface area contributed by atoms with Crippen LogP contribution in [0.1, 0.15) is 35.7 Å². The third-order valence-corrected chi connectivity index (χ3v) is 4.03. The minimum Gasteiger partial charge on any atom is -0.494 e. The van der Waals surface area contributed by atoms with Gasteiger partial charge in [0.2, 0.25) is 0 Å². The molecule has 3 nitrogen and oxygen atoms in total. The van der Waals surface area contributed by atoms with E-state index in [1.165, 1.54) is 0 Å². The van der Waals surface area contributed by atoms with Crippen LogP contribution in [-0.2, 0) is 0 Å². The number of benzene rings is 2. The van der Waals surface area contributed by atoms with Gasteiger partial charge in [0.15, 0.2) is 5.78 Å². The molecule has 0 aliphatic heterocycles. The molecule has 0 bridgehead atoms. The van der Waals surface area contributed by atoms with Gasteiger partial charge in [0, 0.05) is 10.9 Å². The third kappa shape index (κ3) is 6.75. The maximum atomic E-state index is 12.2. The standard InChI is InChI=1S/C21H23BrO3/c1-2-15-24-20-11-7-18(8-12-20)21(23)13-6-17-4-9-19(10-5-17)25-16-3-14-22/h4-13H,2-3,14-16H2,1H3/b13-6+. The molecule has 2 aromatic carbocycles. The molecule has 0 aliphatic carbocycles. The SMILES string of the molecule is CCCOc1ccc(C(=O)/C=C/c2ccc(OCCCBr)cc2)cc1. The fraction of sp³-hybridized carbons (Fsp3) is 0.286. The summed E-state index contributed by atoms with van der Waals surface area (Å²) in [6.45, 7) is 3.44. The van der Waals surface area contributed by atoms with Crippen molar-refractivity contribution in [2.24, 2.45) is 0 Å². The second-order valence-electron chi connectivity index (χ2n) is 5.53. The summed E-state index contributed by atoms with van der Waals surface area (Å²) in [6, 6.07) is 14.9. The van der Waals surface area contributed by atoms with Gasteiger partial charge in [-0.05, 0) is 60.9 Å². The summed E-state index contributed by atoms with van der Waals surface area (Å²) in [7, 11) is 0. The second-order valence-corrected chi connectivity index (χ2v) is 6.32. The van der Waals surface area contributed by atoms with Gasteiger partial charge in [0.05, 0.1) is 13.2 Å². The molecule has 0 aromatic heterocycles. The number of halogens is 1. The van der Waals surface area contributed by atoms with Crippen LogP contribution in [0, 0.1) is 0 Å². The number of ketones is 1. The average Bonchev–Trinajstić information content (AvgIpc) is 2.66. The fourth-order valence-corrected chi connectivity index (χ4v) is 2.35. The third-order valence-electron chi connectivity index (χ3n) is 3.47. The number of allylic oxidation sites excluding steroid dienone is 1. The number of hydrogen-bond donors (Lipinski definition) is 0. The Morgan fingerprint density at radius 2 is 1.56 bits per heavy atom. The van der Waals surface area contributed by atoms with Crippen molar-refractivity contribution >= 4 is 27.8 Å². The zero-order valence-electron chi connectivity index (χ0n) is 14.4. The Kier molecular flexibility index (Phi) is 8.26. The molecule has 0 N–H and O–H groups in total. The van der Waals surface area contributed by atoms with E-state index in [1.54, 1.807) is 18.2 Å². The van der Waals surface area contributed by atoms with Crippen LogP contribution in [-0.4, -0.2) is 24.3 Å². The molecular formula is C21H23BrO3. The molecule has 0 radical (unpaired) electrons. The minimum atomic E-state index is -0.0281. The molecule has 2 aromatic rings. The van der Waals surface area contributed by atoms with Crippen LogP contribution in [0.15, 0.2) is 54.6 Å². The molecule has 0 fully saturated rings. The highest BCUT2D eigenvalue weighted by molar-refractivity contribution is 9.09. The number of carbonyl (C=O) groups is 1. The summed E-state index contributed by atoms with van der Waals surface area (Å²) in [5.74, 6) is 1.60. The van der Waals surface area contributed by atoms with Crippen molar-refractivity contribution in [3.63, 3.8) is 0 Å². The van der Waals surface area contributed by atoms with Crippen LogP contribution < -0.4 is 9.47 Å². The van der Waals surface area contributed by atoms with Gasteiger partial charge in [0.1, 0.15) is 11.5 Å². The van der Waals surface area contributed by atoms with E-state index in [1.807, 2.05) is 42.5 Å². The lowest BCUT2D eigenvalue weighted by atomic mass is 10.1. The highest BCUT2D eigenvalue weighted by Crippen LogP contribution is 2.16. The Balaban J connectivity index is 1.90. The molecule has 2 rings (SSSR count). The monoisotopic (exact) mass is 402 g/mol. The molecule has 0 amide bonds. The summed E-state index contributed by atoms with van der Waals surface area (Å²) in [4.78, 5) is 12.2. The lowest BCUT2D eigenvalue weighted by molar-refractivity contribution is 0.104. The molecule has 0 heterocycles. The quantitative estimate of drug-likeness (QED) is 0.226. The fourth-order valence-electron chi connectivity index (χ4n) is 2.12. The van der Waals surface area contributed by atoms with Crippen LogP contribution in [0.3, 0.4) is 0 Å². The molecule has 132 valence electrons. The number of carbonyl (C=O) groups excluding carboxylic acids is 1. The van der Waals surface area contributed by atoms with Gasteiger partial charge >= 0.3 is 0 Å². The van der Waals surface area contributed by atoms with Crippen LogP contribution in [0.2, 0.25) is 0 Å². The highest BCUT2D eigenvalue weighted by atomic mass is 79.9. The molecule has 0 aliphatic rings. The first-order valence-corrected chi connectivity index (χ1v) is 9.59. The molecule has 25 heavy (non-hydrogen) atoms. The van der Waals surface area contributed by atoms with E-state index in [9.17, 15) is 4.79 Å². The van der Waals surface area contributed by atoms with Crippen molar-refractivity contribution in [1.29, 1.82) is 0 Å². The number of ether oxygens (including phenoxy) is 2. The molecule has 0 saturated heterocycles. The first-order valence-electron chi connectivity index (χ1n) is 8.47. The van der Waals surface area contributed by atoms with Gasteiger partial charge < -0.3 is 9.47 Å². The predicted octanol–water partition coefficient (Wildman–Crippen LogP) is 5.54. The summed E-state index contributed by atoms with van der Waals surface area (Å²) in [5.41, 5.74) is 1.61. The molecular weight excluding hydrogens is 380 g/mol. The van der Waals surface area contributed by atoms with Crippen molar-refractivity contribution in [3.05, 3.63) is 65.7 Å². The summed E-state index contributed by atoms with van der Waals surface area (Å²) >= 11 is 3.37. The van der Waals surface area contributed by atoms with Crippen molar-refractivity contribution in [1.82, 2.24) is 0 Å². The van der Waals surface area contributed by atoms with E-state index >= 15 is 0 Å². The van der Waals surface area contributed by atoms with E-state index in [0.717, 1.165) is 35.2 Å². The lowest BCUT2D eigenvalue weighted by Crippen LogP contribution is -1.97. The highest BCUT2D eigenvalue weighted by Gasteiger charge is 2.02. The van der Waals surface area contributed by atoms with Crippen molar-refractivity contribution < 1.29 is 14.3 Å². The summed E-state index contributed by atoms with van der Waals surface area (Å²) in [6.07, 6.45) is 5.33. The topological polar surface area (TPSA) is 35.5 Å². The van der Waals surface area contributed by atoms with E-state index in [4.69, 9.17) is 9.47 Å². The van der Waals surface area contributed by atoms with Crippen LogP contribution in [0.5, 0.6) is 11.5 Å². The van der Waals surface area contributed by atoms with E-state index < -0.39 is 0 Å². The molecule has 4 heteroatoms. The number of rotatable bonds is 10. The molecule has 0 unspecified atom stereocenters. The number of hydrogen-bond acceptors (Lipinski definition) is 3. The smallest absolute Gasteiger partial charge is 0.185 e. The average molecular weight is 403 g/mol. The zero-order valence-corrected chi connectivity index (χ0v) is 16.0. The Labute approximate surface area is 157 Å². The van der Waals surface area contributed by atoms with Crippen molar-refractivity contribution in [3.8, 4) is 11.5 Å². The first-order chi connectivity index (χ1) is 12.2. The lowest BCUT2D eigenvalue weighted by Gasteiger charge is -2.05. The van der Waals surface area contributed by atoms with E-state index in [0.29, 0.717) is 18.8 Å². The van der Waals surface area contributed by atoms with Gasteiger partial charge in [-0.3, -0.25) is 4.79 Å². The van der Waals surface area contributed by atoms with Crippen molar-refractivity contribution in [2.75, 3.05) is 18.5 Å². The molecule has 0 spiro atoms. The maximum Gasteiger partial charge on any atom is 0.185 e. The Morgan fingerprint density at radius 3 is 2.16 bits per heavy atom. The van der Waals surface area contributed by atoms with Gasteiger partial charge in [0.25, 0.3) is 0 Å². The van der Waals surface area contributed by atoms with Gasteiger partial charge in [-0.25, -0.2) is 0 Å². The largest absolute Gasteiger partial charge is 0.494 e. The maximum absolute atomic E-state index is 12.2. The zero-order chi connectivity index (χ0) is 17.9. The summed E-state index contributed by atoms with van der Waals surface area (Å²) < 4.78 is 11.1. The summed E-state index contributed by atoms with van der Waals surface area (Å²) in [5, 5.41) is 0.932.